The van der Waals surface area contributed by atoms with E-state index in [1.165, 1.54) is 17.2 Å². The van der Waals surface area contributed by atoms with Gasteiger partial charge in [0.2, 0.25) is 5.91 Å². The predicted octanol–water partition coefficient (Wildman–Crippen LogP) is 1.84. The number of carbonyl (C=O) groups is 3. The van der Waals surface area contributed by atoms with Gasteiger partial charge in [-0.05, 0) is 23.8 Å². The van der Waals surface area contributed by atoms with Crippen molar-refractivity contribution in [2.24, 2.45) is 0 Å². The van der Waals surface area contributed by atoms with E-state index < -0.39 is 30.0 Å². The number of carboxylic acid groups (broad SMARTS) is 1. The SMILES string of the molecule is O=C(N[C@H]1C[C@@H]2c3[nH]c4ccccc4c3C[C@@H](C(=O)O)N2C1=O)c1ccco1. The van der Waals surface area contributed by atoms with Crippen LogP contribution in [0.1, 0.15) is 34.3 Å². The van der Waals surface area contributed by atoms with Crippen LogP contribution in [0, 0.1) is 0 Å². The third-order valence-corrected chi connectivity index (χ3v) is 5.60. The van der Waals surface area contributed by atoms with Gasteiger partial charge in [0.25, 0.3) is 5.91 Å². The number of amides is 2. The number of para-hydroxylation sites is 1. The lowest BCUT2D eigenvalue weighted by Crippen LogP contribution is -2.50. The molecule has 0 spiro atoms. The Kier molecular flexibility index (Phi) is 3.55. The molecule has 0 unspecified atom stereocenters. The first-order chi connectivity index (χ1) is 13.5. The fourth-order valence-electron chi connectivity index (χ4n) is 4.38. The van der Waals surface area contributed by atoms with Gasteiger partial charge in [-0.2, -0.15) is 0 Å². The van der Waals surface area contributed by atoms with Crippen molar-refractivity contribution in [3.05, 3.63) is 59.7 Å². The van der Waals surface area contributed by atoms with E-state index in [1.807, 2.05) is 24.3 Å². The van der Waals surface area contributed by atoms with Gasteiger partial charge in [-0.15, -0.1) is 0 Å². The normalized spacial score (nSPS) is 23.5. The second-order valence-corrected chi connectivity index (χ2v) is 7.12. The summed E-state index contributed by atoms with van der Waals surface area (Å²) < 4.78 is 5.08. The number of carbonyl (C=O) groups excluding carboxylic acids is 2. The topological polar surface area (TPSA) is 116 Å². The van der Waals surface area contributed by atoms with E-state index in [-0.39, 0.29) is 18.1 Å². The van der Waals surface area contributed by atoms with Crippen LogP contribution < -0.4 is 5.32 Å². The molecule has 2 amide bonds. The van der Waals surface area contributed by atoms with Crippen molar-refractivity contribution < 1.29 is 23.9 Å². The second kappa shape index (κ2) is 5.98. The van der Waals surface area contributed by atoms with Crippen molar-refractivity contribution in [2.45, 2.75) is 31.0 Å². The molecular formula is C20H17N3O5. The third-order valence-electron chi connectivity index (χ3n) is 5.60. The highest BCUT2D eigenvalue weighted by Gasteiger charge is 2.50. The van der Waals surface area contributed by atoms with E-state index in [9.17, 15) is 19.5 Å². The van der Waals surface area contributed by atoms with Crippen LogP contribution in [-0.4, -0.2) is 44.9 Å². The zero-order valence-corrected chi connectivity index (χ0v) is 14.7. The lowest BCUT2D eigenvalue weighted by Gasteiger charge is -2.35. The number of fused-ring (bicyclic) bond motifs is 5. The second-order valence-electron chi connectivity index (χ2n) is 7.12. The van der Waals surface area contributed by atoms with Crippen molar-refractivity contribution in [1.29, 1.82) is 0 Å². The van der Waals surface area contributed by atoms with Crippen molar-refractivity contribution >= 4 is 28.7 Å². The molecule has 8 nitrogen and oxygen atoms in total. The summed E-state index contributed by atoms with van der Waals surface area (Å²) in [6.07, 6.45) is 1.91. The Bertz CT molecular complexity index is 1100. The molecule has 8 heteroatoms. The minimum atomic E-state index is -1.05. The molecule has 2 aliphatic rings. The molecule has 4 heterocycles. The maximum atomic E-state index is 13.0. The van der Waals surface area contributed by atoms with Crippen molar-refractivity contribution in [3.63, 3.8) is 0 Å². The summed E-state index contributed by atoms with van der Waals surface area (Å²) in [5.41, 5.74) is 2.69. The number of hydrogen-bond donors (Lipinski definition) is 3. The number of aromatic amines is 1. The van der Waals surface area contributed by atoms with E-state index in [4.69, 9.17) is 4.42 Å². The number of aromatic nitrogens is 1. The fraction of sp³-hybridized carbons (Fsp3) is 0.250. The average Bonchev–Trinajstić information content (AvgIpc) is 3.40. The highest BCUT2D eigenvalue weighted by atomic mass is 16.4. The Morgan fingerprint density at radius 1 is 1.21 bits per heavy atom. The van der Waals surface area contributed by atoms with Crippen LogP contribution in [0.5, 0.6) is 0 Å². The summed E-state index contributed by atoms with van der Waals surface area (Å²) in [6.45, 7) is 0. The fourth-order valence-corrected chi connectivity index (χ4v) is 4.38. The Hall–Kier alpha value is -3.55. The number of nitrogens with one attached hydrogen (secondary N) is 2. The van der Waals surface area contributed by atoms with Gasteiger partial charge in [-0.3, -0.25) is 9.59 Å². The van der Waals surface area contributed by atoms with Crippen LogP contribution in [0.3, 0.4) is 0 Å². The first-order valence-corrected chi connectivity index (χ1v) is 9.03. The van der Waals surface area contributed by atoms with Gasteiger partial charge in [-0.25, -0.2) is 4.79 Å². The third kappa shape index (κ3) is 2.34. The summed E-state index contributed by atoms with van der Waals surface area (Å²) in [7, 11) is 0. The molecule has 3 aromatic rings. The van der Waals surface area contributed by atoms with Gasteiger partial charge < -0.3 is 24.7 Å². The number of carboxylic acids is 1. The predicted molar refractivity (Wildman–Crippen MR) is 97.6 cm³/mol. The number of benzene rings is 1. The molecule has 0 radical (unpaired) electrons. The summed E-state index contributed by atoms with van der Waals surface area (Å²) >= 11 is 0. The van der Waals surface area contributed by atoms with Gasteiger partial charge in [0, 0.05) is 29.4 Å². The first kappa shape index (κ1) is 16.6. The van der Waals surface area contributed by atoms with E-state index in [0.717, 1.165) is 22.2 Å². The van der Waals surface area contributed by atoms with Crippen molar-refractivity contribution in [2.75, 3.05) is 0 Å². The molecule has 0 bridgehead atoms. The molecular weight excluding hydrogens is 362 g/mol. The van der Waals surface area contributed by atoms with Gasteiger partial charge in [0.05, 0.1) is 12.3 Å². The Labute approximate surface area is 159 Å². The number of nitrogens with zero attached hydrogens (tertiary/aromatic N) is 1. The summed E-state index contributed by atoms with van der Waals surface area (Å²) in [5, 5.41) is 13.4. The summed E-state index contributed by atoms with van der Waals surface area (Å²) in [4.78, 5) is 42.0. The van der Waals surface area contributed by atoms with E-state index in [1.54, 1.807) is 6.07 Å². The molecule has 1 fully saturated rings. The summed E-state index contributed by atoms with van der Waals surface area (Å²) in [6, 6.07) is 8.60. The standard InChI is InChI=1S/C20H17N3O5/c24-18(16-6-3-7-28-16)22-13-9-14-17-11(10-4-1-2-5-12(10)21-17)8-15(20(26)27)23(14)19(13)25/h1-7,13-15,21H,8-9H2,(H,22,24)(H,26,27)/t13-,14+,15-/m0/s1. The Morgan fingerprint density at radius 3 is 2.79 bits per heavy atom. The van der Waals surface area contributed by atoms with Crippen LogP contribution in [-0.2, 0) is 16.0 Å². The lowest BCUT2D eigenvalue weighted by atomic mass is 9.92. The highest BCUT2D eigenvalue weighted by Crippen LogP contribution is 2.43. The first-order valence-electron chi connectivity index (χ1n) is 9.03. The van der Waals surface area contributed by atoms with Gasteiger partial charge in [-0.1, -0.05) is 18.2 Å². The molecule has 0 aliphatic carbocycles. The molecule has 2 aromatic heterocycles. The molecule has 3 atom stereocenters. The quantitative estimate of drug-likeness (QED) is 0.642. The number of hydrogen-bond acceptors (Lipinski definition) is 4. The largest absolute Gasteiger partial charge is 0.480 e. The zero-order chi connectivity index (χ0) is 19.4. The number of aliphatic carboxylic acids is 1. The molecule has 28 heavy (non-hydrogen) atoms. The molecule has 2 aliphatic heterocycles. The van der Waals surface area contributed by atoms with Crippen LogP contribution in [0.15, 0.2) is 47.1 Å². The zero-order valence-electron chi connectivity index (χ0n) is 14.7. The monoisotopic (exact) mass is 379 g/mol. The Balaban J connectivity index is 1.53. The number of furan rings is 1. The van der Waals surface area contributed by atoms with Crippen molar-refractivity contribution in [3.8, 4) is 0 Å². The van der Waals surface area contributed by atoms with E-state index >= 15 is 0 Å². The molecule has 1 aromatic carbocycles. The van der Waals surface area contributed by atoms with Gasteiger partial charge >= 0.3 is 5.97 Å². The van der Waals surface area contributed by atoms with Crippen LogP contribution >= 0.6 is 0 Å². The molecule has 3 N–H and O–H groups in total. The Morgan fingerprint density at radius 2 is 2.04 bits per heavy atom. The smallest absolute Gasteiger partial charge is 0.326 e. The van der Waals surface area contributed by atoms with E-state index in [0.29, 0.717) is 6.42 Å². The summed E-state index contributed by atoms with van der Waals surface area (Å²) in [5.74, 6) is -1.82. The maximum absolute atomic E-state index is 13.0. The average molecular weight is 379 g/mol. The van der Waals surface area contributed by atoms with Gasteiger partial charge in [0.1, 0.15) is 12.1 Å². The molecule has 5 rings (SSSR count). The molecule has 1 saturated heterocycles. The molecule has 142 valence electrons. The highest BCUT2D eigenvalue weighted by molar-refractivity contribution is 5.98. The molecule has 0 saturated carbocycles. The van der Waals surface area contributed by atoms with Crippen LogP contribution in [0.25, 0.3) is 10.9 Å². The minimum absolute atomic E-state index is 0.110. The van der Waals surface area contributed by atoms with Crippen LogP contribution in [0.4, 0.5) is 0 Å². The van der Waals surface area contributed by atoms with E-state index in [2.05, 4.69) is 10.3 Å². The number of rotatable bonds is 3. The number of H-pyrrole nitrogens is 1. The maximum Gasteiger partial charge on any atom is 0.326 e. The van der Waals surface area contributed by atoms with Crippen molar-refractivity contribution in [1.82, 2.24) is 15.2 Å². The van der Waals surface area contributed by atoms with Crippen LogP contribution in [0.2, 0.25) is 0 Å². The minimum Gasteiger partial charge on any atom is -0.480 e. The van der Waals surface area contributed by atoms with Gasteiger partial charge in [0.15, 0.2) is 5.76 Å². The lowest BCUT2D eigenvalue weighted by molar-refractivity contribution is -0.150.